The first kappa shape index (κ1) is 13.2. The van der Waals surface area contributed by atoms with Crippen molar-refractivity contribution in [2.75, 3.05) is 12.4 Å². The zero-order chi connectivity index (χ0) is 13.8. The summed E-state index contributed by atoms with van der Waals surface area (Å²) in [6.45, 7) is 0. The van der Waals surface area contributed by atoms with E-state index in [-0.39, 0.29) is 17.0 Å². The molecule has 0 saturated heterocycles. The van der Waals surface area contributed by atoms with Crippen LogP contribution in [-0.2, 0) is 0 Å². The molecule has 1 aromatic carbocycles. The molecule has 0 aliphatic heterocycles. The average Bonchev–Trinajstić information content (AvgIpc) is 2.41. The Morgan fingerprint density at radius 3 is 2.79 bits per heavy atom. The number of rotatable bonds is 3. The number of hydrogen-bond donors (Lipinski definition) is 2. The van der Waals surface area contributed by atoms with Crippen molar-refractivity contribution in [2.45, 2.75) is 0 Å². The van der Waals surface area contributed by atoms with Gasteiger partial charge < -0.3 is 15.0 Å². The molecule has 0 radical (unpaired) electrons. The van der Waals surface area contributed by atoms with Crippen molar-refractivity contribution < 1.29 is 9.53 Å². The summed E-state index contributed by atoms with van der Waals surface area (Å²) in [5.74, 6) is 0.0841. The number of ether oxygens (including phenoxy) is 1. The second kappa shape index (κ2) is 5.58. The molecule has 0 atom stereocenters. The molecule has 0 bridgehead atoms. The Morgan fingerprint density at radius 1 is 1.32 bits per heavy atom. The molecule has 1 heterocycles. The highest BCUT2D eigenvalue weighted by molar-refractivity contribution is 6.32. The highest BCUT2D eigenvalue weighted by Crippen LogP contribution is 2.27. The van der Waals surface area contributed by atoms with Gasteiger partial charge in [0.15, 0.2) is 0 Å². The summed E-state index contributed by atoms with van der Waals surface area (Å²) >= 11 is 5.89. The molecule has 0 aliphatic rings. The van der Waals surface area contributed by atoms with Gasteiger partial charge in [-0.1, -0.05) is 11.6 Å². The quantitative estimate of drug-likeness (QED) is 0.905. The molecule has 19 heavy (non-hydrogen) atoms. The minimum Gasteiger partial charge on any atom is -0.495 e. The second-order valence-electron chi connectivity index (χ2n) is 3.75. The number of nitrogens with one attached hydrogen (secondary N) is 2. The fourth-order valence-electron chi connectivity index (χ4n) is 1.53. The molecule has 5 nitrogen and oxygen atoms in total. The number of amides is 1. The molecular weight excluding hydrogens is 268 g/mol. The van der Waals surface area contributed by atoms with Crippen LogP contribution in [0.5, 0.6) is 5.75 Å². The molecule has 1 aromatic heterocycles. The van der Waals surface area contributed by atoms with Crippen LogP contribution in [0.15, 0.2) is 41.3 Å². The topological polar surface area (TPSA) is 71.2 Å². The van der Waals surface area contributed by atoms with E-state index in [4.69, 9.17) is 16.3 Å². The monoisotopic (exact) mass is 278 g/mol. The smallest absolute Gasteiger partial charge is 0.255 e. The zero-order valence-corrected chi connectivity index (χ0v) is 10.8. The molecule has 6 heteroatoms. The third-order valence-electron chi connectivity index (χ3n) is 2.45. The highest BCUT2D eigenvalue weighted by atomic mass is 35.5. The first-order valence-corrected chi connectivity index (χ1v) is 5.81. The van der Waals surface area contributed by atoms with Gasteiger partial charge in [-0.3, -0.25) is 9.59 Å². The molecule has 1 amide bonds. The molecule has 2 rings (SSSR count). The minimum atomic E-state index is -0.379. The normalized spacial score (nSPS) is 10.0. The van der Waals surface area contributed by atoms with Gasteiger partial charge >= 0.3 is 0 Å². The van der Waals surface area contributed by atoms with Crippen LogP contribution in [0.1, 0.15) is 10.4 Å². The lowest BCUT2D eigenvalue weighted by Gasteiger charge is -2.08. The number of aromatic nitrogens is 1. The number of carbonyl (C=O) groups excluding carboxylic acids is 1. The Morgan fingerprint density at radius 2 is 2.11 bits per heavy atom. The molecule has 0 spiro atoms. The first-order chi connectivity index (χ1) is 9.10. The molecule has 0 fully saturated rings. The van der Waals surface area contributed by atoms with Crippen LogP contribution >= 0.6 is 11.6 Å². The molecule has 98 valence electrons. The molecule has 0 aliphatic carbocycles. The molecule has 0 saturated carbocycles. The van der Waals surface area contributed by atoms with E-state index in [1.165, 1.54) is 25.4 Å². The van der Waals surface area contributed by atoms with Crippen LogP contribution < -0.4 is 15.6 Å². The van der Waals surface area contributed by atoms with Gasteiger partial charge in [-0.2, -0.15) is 0 Å². The van der Waals surface area contributed by atoms with Crippen LogP contribution in [-0.4, -0.2) is 18.0 Å². The average molecular weight is 279 g/mol. The Kier molecular flexibility index (Phi) is 3.87. The minimum absolute atomic E-state index is 0.276. The van der Waals surface area contributed by atoms with E-state index in [1.807, 2.05) is 0 Å². The summed E-state index contributed by atoms with van der Waals surface area (Å²) in [7, 11) is 1.49. The Labute approximate surface area is 114 Å². The number of pyridine rings is 1. The van der Waals surface area contributed by atoms with Crippen LogP contribution in [0.2, 0.25) is 5.02 Å². The number of H-pyrrole nitrogens is 1. The van der Waals surface area contributed by atoms with Crippen molar-refractivity contribution in [3.63, 3.8) is 0 Å². The van der Waals surface area contributed by atoms with Crippen molar-refractivity contribution in [2.24, 2.45) is 0 Å². The van der Waals surface area contributed by atoms with Gasteiger partial charge in [-0.15, -0.1) is 0 Å². The van der Waals surface area contributed by atoms with Gasteiger partial charge in [0.1, 0.15) is 5.75 Å². The first-order valence-electron chi connectivity index (χ1n) is 5.44. The number of halogens is 1. The van der Waals surface area contributed by atoms with Gasteiger partial charge in [0.05, 0.1) is 12.1 Å². The number of carbonyl (C=O) groups is 1. The van der Waals surface area contributed by atoms with Crippen molar-refractivity contribution >= 4 is 23.2 Å². The third-order valence-corrected chi connectivity index (χ3v) is 2.76. The standard InChI is InChI=1S/C13H11ClN2O3/c1-19-11-7-9(2-3-10(11)14)16-13(18)8-4-5-15-12(17)6-8/h2-7H,1H3,(H,15,17)(H,16,18). The van der Waals surface area contributed by atoms with Crippen LogP contribution in [0, 0.1) is 0 Å². The maximum atomic E-state index is 11.9. The Hall–Kier alpha value is -2.27. The van der Waals surface area contributed by atoms with Gasteiger partial charge in [0.2, 0.25) is 5.56 Å². The van der Waals surface area contributed by atoms with Gasteiger partial charge in [0, 0.05) is 29.6 Å². The highest BCUT2D eigenvalue weighted by Gasteiger charge is 2.08. The lowest BCUT2D eigenvalue weighted by molar-refractivity contribution is 0.102. The SMILES string of the molecule is COc1cc(NC(=O)c2cc[nH]c(=O)c2)ccc1Cl. The predicted octanol–water partition coefficient (Wildman–Crippen LogP) is 2.29. The lowest BCUT2D eigenvalue weighted by atomic mass is 10.2. The van der Waals surface area contributed by atoms with E-state index < -0.39 is 0 Å². The Balaban J connectivity index is 2.21. The maximum absolute atomic E-state index is 11.9. The zero-order valence-electron chi connectivity index (χ0n) is 10.1. The van der Waals surface area contributed by atoms with E-state index in [0.29, 0.717) is 16.5 Å². The summed E-state index contributed by atoms with van der Waals surface area (Å²) < 4.78 is 5.05. The van der Waals surface area contributed by atoms with E-state index in [2.05, 4.69) is 10.3 Å². The summed E-state index contributed by atoms with van der Waals surface area (Å²) in [4.78, 5) is 25.5. The summed E-state index contributed by atoms with van der Waals surface area (Å²) in [5, 5.41) is 3.11. The van der Waals surface area contributed by atoms with Crippen LogP contribution in [0.4, 0.5) is 5.69 Å². The summed E-state index contributed by atoms with van der Waals surface area (Å²) in [6.07, 6.45) is 1.42. The van der Waals surface area contributed by atoms with Gasteiger partial charge in [-0.05, 0) is 18.2 Å². The van der Waals surface area contributed by atoms with Crippen LogP contribution in [0.3, 0.4) is 0 Å². The second-order valence-corrected chi connectivity index (χ2v) is 4.15. The number of aromatic amines is 1. The summed E-state index contributed by atoms with van der Waals surface area (Å²) in [5.41, 5.74) is 0.477. The van der Waals surface area contributed by atoms with Gasteiger partial charge in [-0.25, -0.2) is 0 Å². The lowest BCUT2D eigenvalue weighted by Crippen LogP contribution is -2.15. The third kappa shape index (κ3) is 3.14. The predicted molar refractivity (Wildman–Crippen MR) is 73.0 cm³/mol. The van der Waals surface area contributed by atoms with Crippen molar-refractivity contribution in [1.29, 1.82) is 0 Å². The maximum Gasteiger partial charge on any atom is 0.255 e. The van der Waals surface area contributed by atoms with Crippen molar-refractivity contribution in [3.05, 3.63) is 57.5 Å². The van der Waals surface area contributed by atoms with E-state index >= 15 is 0 Å². The Bertz CT molecular complexity index is 667. The summed E-state index contributed by atoms with van der Waals surface area (Å²) in [6, 6.07) is 7.61. The fourth-order valence-corrected chi connectivity index (χ4v) is 1.72. The molecule has 2 aromatic rings. The molecular formula is C13H11ClN2O3. The number of anilines is 1. The number of benzene rings is 1. The molecule has 0 unspecified atom stereocenters. The van der Waals surface area contributed by atoms with E-state index in [1.54, 1.807) is 18.2 Å². The van der Waals surface area contributed by atoms with Crippen molar-refractivity contribution in [1.82, 2.24) is 4.98 Å². The number of hydrogen-bond acceptors (Lipinski definition) is 3. The van der Waals surface area contributed by atoms with E-state index in [0.717, 1.165) is 0 Å². The number of methoxy groups -OCH3 is 1. The fraction of sp³-hybridized carbons (Fsp3) is 0.0769. The van der Waals surface area contributed by atoms with Crippen molar-refractivity contribution in [3.8, 4) is 5.75 Å². The largest absolute Gasteiger partial charge is 0.495 e. The van der Waals surface area contributed by atoms with Gasteiger partial charge in [0.25, 0.3) is 5.91 Å². The van der Waals surface area contributed by atoms with E-state index in [9.17, 15) is 9.59 Å². The van der Waals surface area contributed by atoms with Crippen LogP contribution in [0.25, 0.3) is 0 Å². The molecule has 2 N–H and O–H groups in total.